The number of hydrogen-bond donors (Lipinski definition) is 2. The smallest absolute Gasteiger partial charge is 0.315 e. The number of urea groups is 1. The van der Waals surface area contributed by atoms with Crippen molar-refractivity contribution in [2.24, 2.45) is 5.92 Å². The van der Waals surface area contributed by atoms with Crippen LogP contribution in [-0.4, -0.2) is 31.6 Å². The molecule has 0 aliphatic carbocycles. The lowest BCUT2D eigenvalue weighted by Gasteiger charge is -2.17. The molecule has 0 radical (unpaired) electrons. The second-order valence-corrected chi connectivity index (χ2v) is 6.55. The molecule has 2 aromatic carbocycles. The Hall–Kier alpha value is -3.02. The fourth-order valence-electron chi connectivity index (χ4n) is 3.13. The minimum atomic E-state index is -0.217. The Bertz CT molecular complexity index is 762. The van der Waals surface area contributed by atoms with Crippen LogP contribution in [0, 0.1) is 5.92 Å². The molecule has 0 unspecified atom stereocenters. The second kappa shape index (κ2) is 9.07. The first-order valence-electron chi connectivity index (χ1n) is 9.24. The Morgan fingerprint density at radius 1 is 1.11 bits per heavy atom. The van der Waals surface area contributed by atoms with Crippen LogP contribution in [0.25, 0.3) is 0 Å². The van der Waals surface area contributed by atoms with Gasteiger partial charge in [0.05, 0.1) is 6.61 Å². The summed E-state index contributed by atoms with van der Waals surface area (Å²) in [5, 5.41) is 5.70. The molecule has 0 bridgehead atoms. The van der Waals surface area contributed by atoms with Crippen LogP contribution in [-0.2, 0) is 11.3 Å². The molecule has 0 spiro atoms. The van der Waals surface area contributed by atoms with E-state index < -0.39 is 0 Å². The molecule has 6 nitrogen and oxygen atoms in total. The van der Waals surface area contributed by atoms with Gasteiger partial charge in [-0.3, -0.25) is 4.79 Å². The number of benzene rings is 2. The summed E-state index contributed by atoms with van der Waals surface area (Å²) in [6.45, 7) is 4.10. The summed E-state index contributed by atoms with van der Waals surface area (Å²) in [7, 11) is 0. The number of ether oxygens (including phenoxy) is 1. The molecule has 3 amide bonds. The highest BCUT2D eigenvalue weighted by atomic mass is 16.5. The Morgan fingerprint density at radius 3 is 2.56 bits per heavy atom. The molecule has 6 heteroatoms. The minimum Gasteiger partial charge on any atom is -0.494 e. The van der Waals surface area contributed by atoms with Crippen LogP contribution in [0.5, 0.6) is 5.75 Å². The Kier molecular flexibility index (Phi) is 6.30. The Balaban J connectivity index is 1.45. The van der Waals surface area contributed by atoms with Crippen molar-refractivity contribution >= 4 is 17.6 Å². The van der Waals surface area contributed by atoms with E-state index in [0.29, 0.717) is 32.7 Å². The lowest BCUT2D eigenvalue weighted by atomic mass is 10.1. The molecule has 3 rings (SSSR count). The maximum absolute atomic E-state index is 12.3. The van der Waals surface area contributed by atoms with E-state index in [1.165, 1.54) is 0 Å². The highest BCUT2D eigenvalue weighted by molar-refractivity contribution is 5.95. The number of rotatable bonds is 7. The minimum absolute atomic E-state index is 0.0793. The SMILES string of the molecule is CCOc1ccc(N2C[C@@H](CNC(=O)NCc3ccccc3)CC2=O)cc1. The van der Waals surface area contributed by atoms with E-state index in [4.69, 9.17) is 4.74 Å². The predicted octanol–water partition coefficient (Wildman–Crippen LogP) is 2.94. The van der Waals surface area contributed by atoms with E-state index in [0.717, 1.165) is 17.0 Å². The van der Waals surface area contributed by atoms with Crippen LogP contribution in [0.15, 0.2) is 54.6 Å². The molecule has 27 heavy (non-hydrogen) atoms. The van der Waals surface area contributed by atoms with E-state index >= 15 is 0 Å². The van der Waals surface area contributed by atoms with Gasteiger partial charge in [0.1, 0.15) is 5.75 Å². The van der Waals surface area contributed by atoms with Crippen molar-refractivity contribution in [1.29, 1.82) is 0 Å². The molecule has 1 saturated heterocycles. The average Bonchev–Trinajstić information content (AvgIpc) is 3.07. The molecule has 1 atom stereocenters. The quantitative estimate of drug-likeness (QED) is 0.790. The molecule has 1 fully saturated rings. The normalized spacial score (nSPS) is 16.3. The van der Waals surface area contributed by atoms with Gasteiger partial charge in [0.15, 0.2) is 0 Å². The van der Waals surface area contributed by atoms with E-state index in [2.05, 4.69) is 10.6 Å². The standard InChI is InChI=1S/C21H25N3O3/c1-2-27-19-10-8-18(9-11-19)24-15-17(12-20(24)25)14-23-21(26)22-13-16-6-4-3-5-7-16/h3-11,17H,2,12-15H2,1H3,(H2,22,23,26)/t17-/m1/s1. The van der Waals surface area contributed by atoms with Crippen molar-refractivity contribution in [2.45, 2.75) is 19.9 Å². The van der Waals surface area contributed by atoms with E-state index in [-0.39, 0.29) is 17.9 Å². The number of hydrogen-bond acceptors (Lipinski definition) is 3. The number of anilines is 1. The monoisotopic (exact) mass is 367 g/mol. The summed E-state index contributed by atoms with van der Waals surface area (Å²) in [5.41, 5.74) is 1.91. The van der Waals surface area contributed by atoms with Gasteiger partial charge in [-0.25, -0.2) is 4.79 Å². The van der Waals surface area contributed by atoms with Gasteiger partial charge in [0, 0.05) is 37.7 Å². The molecule has 2 N–H and O–H groups in total. The largest absolute Gasteiger partial charge is 0.494 e. The fraction of sp³-hybridized carbons (Fsp3) is 0.333. The van der Waals surface area contributed by atoms with Gasteiger partial charge >= 0.3 is 6.03 Å². The fourth-order valence-corrected chi connectivity index (χ4v) is 3.13. The van der Waals surface area contributed by atoms with Gasteiger partial charge in [-0.2, -0.15) is 0 Å². The third kappa shape index (κ3) is 5.23. The number of carbonyl (C=O) groups excluding carboxylic acids is 2. The predicted molar refractivity (Wildman–Crippen MR) is 105 cm³/mol. The van der Waals surface area contributed by atoms with Gasteiger partial charge in [-0.05, 0) is 36.8 Å². The zero-order valence-electron chi connectivity index (χ0n) is 15.5. The average molecular weight is 367 g/mol. The molecule has 1 heterocycles. The van der Waals surface area contributed by atoms with Crippen LogP contribution < -0.4 is 20.3 Å². The summed E-state index contributed by atoms with van der Waals surface area (Å²) in [4.78, 5) is 26.1. The summed E-state index contributed by atoms with van der Waals surface area (Å²) in [5.74, 6) is 0.975. The molecule has 1 aliphatic heterocycles. The van der Waals surface area contributed by atoms with Gasteiger partial charge < -0.3 is 20.3 Å². The zero-order valence-corrected chi connectivity index (χ0v) is 15.5. The highest BCUT2D eigenvalue weighted by Crippen LogP contribution is 2.26. The third-order valence-corrected chi connectivity index (χ3v) is 4.51. The zero-order chi connectivity index (χ0) is 19.1. The molecular weight excluding hydrogens is 342 g/mol. The van der Waals surface area contributed by atoms with Crippen molar-refractivity contribution in [3.05, 3.63) is 60.2 Å². The van der Waals surface area contributed by atoms with Gasteiger partial charge in [-0.15, -0.1) is 0 Å². The van der Waals surface area contributed by atoms with E-state index in [1.54, 1.807) is 4.90 Å². The van der Waals surface area contributed by atoms with Crippen LogP contribution >= 0.6 is 0 Å². The topological polar surface area (TPSA) is 70.7 Å². The number of nitrogens with one attached hydrogen (secondary N) is 2. The first kappa shape index (κ1) is 18.8. The molecular formula is C21H25N3O3. The first-order valence-corrected chi connectivity index (χ1v) is 9.24. The maximum atomic E-state index is 12.3. The lowest BCUT2D eigenvalue weighted by Crippen LogP contribution is -2.38. The number of carbonyl (C=O) groups is 2. The Morgan fingerprint density at radius 2 is 1.85 bits per heavy atom. The van der Waals surface area contributed by atoms with Crippen molar-refractivity contribution in [3.8, 4) is 5.75 Å². The van der Waals surface area contributed by atoms with Crippen molar-refractivity contribution < 1.29 is 14.3 Å². The summed E-state index contributed by atoms with van der Waals surface area (Å²) in [6.07, 6.45) is 0.437. The van der Waals surface area contributed by atoms with Gasteiger partial charge in [0.2, 0.25) is 5.91 Å². The van der Waals surface area contributed by atoms with Crippen LogP contribution in [0.1, 0.15) is 18.9 Å². The van der Waals surface area contributed by atoms with Crippen LogP contribution in [0.3, 0.4) is 0 Å². The molecule has 0 aromatic heterocycles. The highest BCUT2D eigenvalue weighted by Gasteiger charge is 2.30. The van der Waals surface area contributed by atoms with Crippen molar-refractivity contribution in [1.82, 2.24) is 10.6 Å². The van der Waals surface area contributed by atoms with Gasteiger partial charge in [0.25, 0.3) is 0 Å². The van der Waals surface area contributed by atoms with E-state index in [9.17, 15) is 9.59 Å². The van der Waals surface area contributed by atoms with Gasteiger partial charge in [-0.1, -0.05) is 30.3 Å². The molecule has 142 valence electrons. The summed E-state index contributed by atoms with van der Waals surface area (Å²) in [6, 6.07) is 17.1. The summed E-state index contributed by atoms with van der Waals surface area (Å²) >= 11 is 0. The first-order chi connectivity index (χ1) is 13.2. The molecule has 1 aliphatic rings. The maximum Gasteiger partial charge on any atom is 0.315 e. The molecule has 2 aromatic rings. The molecule has 0 saturated carbocycles. The number of amides is 3. The van der Waals surface area contributed by atoms with Crippen LogP contribution in [0.4, 0.5) is 10.5 Å². The lowest BCUT2D eigenvalue weighted by molar-refractivity contribution is -0.117. The van der Waals surface area contributed by atoms with E-state index in [1.807, 2.05) is 61.5 Å². The van der Waals surface area contributed by atoms with Crippen molar-refractivity contribution in [2.75, 3.05) is 24.6 Å². The van der Waals surface area contributed by atoms with Crippen molar-refractivity contribution in [3.63, 3.8) is 0 Å². The Labute approximate surface area is 159 Å². The van der Waals surface area contributed by atoms with Crippen LogP contribution in [0.2, 0.25) is 0 Å². The third-order valence-electron chi connectivity index (χ3n) is 4.51. The second-order valence-electron chi connectivity index (χ2n) is 6.55. The number of nitrogens with zero attached hydrogens (tertiary/aromatic N) is 1. The summed E-state index contributed by atoms with van der Waals surface area (Å²) < 4.78 is 5.43.